The summed E-state index contributed by atoms with van der Waals surface area (Å²) in [6.45, 7) is 1.41. The molecule has 0 saturated carbocycles. The van der Waals surface area contributed by atoms with E-state index in [2.05, 4.69) is 31.9 Å². The Morgan fingerprint density at radius 3 is 2.69 bits per heavy atom. The lowest BCUT2D eigenvalue weighted by Crippen LogP contribution is -1.92. The van der Waals surface area contributed by atoms with Crippen LogP contribution in [0.2, 0.25) is 0 Å². The van der Waals surface area contributed by atoms with Crippen molar-refractivity contribution in [2.45, 2.75) is 6.92 Å². The highest BCUT2D eigenvalue weighted by atomic mass is 79.9. The van der Waals surface area contributed by atoms with E-state index in [-0.39, 0.29) is 5.70 Å². The van der Waals surface area contributed by atoms with E-state index in [4.69, 9.17) is 4.42 Å². The first-order chi connectivity index (χ1) is 6.00. The molecule has 1 rings (SSSR count). The summed E-state index contributed by atoms with van der Waals surface area (Å²) in [6.07, 6.45) is 1.36. The summed E-state index contributed by atoms with van der Waals surface area (Å²) < 4.78 is 6.38. The van der Waals surface area contributed by atoms with Crippen molar-refractivity contribution in [2.24, 2.45) is 0 Å². The molecule has 1 aromatic rings. The third kappa shape index (κ3) is 2.67. The maximum atomic E-state index is 10.3. The second-order valence-corrected chi connectivity index (χ2v) is 3.89. The van der Waals surface area contributed by atoms with Gasteiger partial charge in [0, 0.05) is 6.92 Å². The van der Waals surface area contributed by atoms with Gasteiger partial charge >= 0.3 is 0 Å². The molecule has 0 aliphatic rings. The molecule has 0 spiro atoms. The van der Waals surface area contributed by atoms with Crippen molar-refractivity contribution in [2.75, 3.05) is 0 Å². The molecule has 0 saturated heterocycles. The molecule has 0 radical (unpaired) electrons. The normalized spacial score (nSPS) is 11.8. The van der Waals surface area contributed by atoms with E-state index in [1.807, 2.05) is 0 Å². The molecule has 0 aliphatic carbocycles. The van der Waals surface area contributed by atoms with Crippen molar-refractivity contribution < 1.29 is 9.34 Å². The molecule has 0 atom stereocenters. The summed E-state index contributed by atoms with van der Waals surface area (Å²) in [6, 6.07) is 1.65. The Hall–Kier alpha value is -0.620. The zero-order chi connectivity index (χ0) is 10.0. The average molecular weight is 311 g/mol. The van der Waals surface area contributed by atoms with Crippen LogP contribution in [0.5, 0.6) is 0 Å². The molecule has 0 amide bonds. The zero-order valence-corrected chi connectivity index (χ0v) is 9.75. The molecular weight excluding hydrogens is 306 g/mol. The predicted octanol–water partition coefficient (Wildman–Crippen LogP) is 3.44. The number of nitro groups is 1. The van der Waals surface area contributed by atoms with Crippen molar-refractivity contribution in [3.63, 3.8) is 0 Å². The van der Waals surface area contributed by atoms with E-state index in [0.717, 1.165) is 4.47 Å². The Balaban J connectivity index is 2.98. The van der Waals surface area contributed by atoms with Gasteiger partial charge in [-0.2, -0.15) is 0 Å². The van der Waals surface area contributed by atoms with Gasteiger partial charge in [0.05, 0.1) is 15.5 Å². The first-order valence-corrected chi connectivity index (χ1v) is 4.87. The number of nitrogens with zero attached hydrogens (tertiary/aromatic N) is 1. The molecule has 0 N–H and O–H groups in total. The van der Waals surface area contributed by atoms with Gasteiger partial charge in [0.1, 0.15) is 5.76 Å². The Morgan fingerprint density at radius 1 is 1.69 bits per heavy atom. The van der Waals surface area contributed by atoms with E-state index in [1.54, 1.807) is 6.07 Å². The van der Waals surface area contributed by atoms with Gasteiger partial charge in [-0.05, 0) is 37.9 Å². The molecular formula is C7H5Br2NO3. The summed E-state index contributed by atoms with van der Waals surface area (Å²) >= 11 is 6.33. The largest absolute Gasteiger partial charge is 0.449 e. The lowest BCUT2D eigenvalue weighted by atomic mass is 10.4. The third-order valence-corrected chi connectivity index (χ3v) is 3.01. The predicted molar refractivity (Wildman–Crippen MR) is 54.8 cm³/mol. The van der Waals surface area contributed by atoms with Crippen LogP contribution in [0.3, 0.4) is 0 Å². The first-order valence-electron chi connectivity index (χ1n) is 3.28. The summed E-state index contributed by atoms with van der Waals surface area (Å²) in [5, 5.41) is 10.3. The quantitative estimate of drug-likeness (QED) is 0.621. The van der Waals surface area contributed by atoms with Crippen LogP contribution in [0.25, 0.3) is 6.08 Å². The monoisotopic (exact) mass is 309 g/mol. The van der Waals surface area contributed by atoms with Crippen LogP contribution in [0.1, 0.15) is 12.7 Å². The minimum atomic E-state index is -0.468. The molecule has 70 valence electrons. The highest BCUT2D eigenvalue weighted by Crippen LogP contribution is 2.27. The fraction of sp³-hybridized carbons (Fsp3) is 0.143. The topological polar surface area (TPSA) is 56.3 Å². The smallest absolute Gasteiger partial charge is 0.246 e. The van der Waals surface area contributed by atoms with Gasteiger partial charge in [-0.15, -0.1) is 0 Å². The van der Waals surface area contributed by atoms with Crippen LogP contribution >= 0.6 is 31.9 Å². The molecule has 4 nitrogen and oxygen atoms in total. The second-order valence-electron chi connectivity index (χ2n) is 2.31. The summed E-state index contributed by atoms with van der Waals surface area (Å²) in [4.78, 5) is 9.80. The van der Waals surface area contributed by atoms with E-state index in [1.165, 1.54) is 13.0 Å². The van der Waals surface area contributed by atoms with Gasteiger partial charge < -0.3 is 4.42 Å². The zero-order valence-electron chi connectivity index (χ0n) is 6.58. The third-order valence-electron chi connectivity index (χ3n) is 1.30. The van der Waals surface area contributed by atoms with Crippen molar-refractivity contribution in [3.8, 4) is 0 Å². The van der Waals surface area contributed by atoms with E-state index in [9.17, 15) is 10.1 Å². The van der Waals surface area contributed by atoms with Crippen LogP contribution in [0.15, 0.2) is 25.3 Å². The van der Waals surface area contributed by atoms with Crippen molar-refractivity contribution in [3.05, 3.63) is 36.8 Å². The van der Waals surface area contributed by atoms with Crippen molar-refractivity contribution in [1.29, 1.82) is 0 Å². The Labute approximate surface area is 91.0 Å². The van der Waals surface area contributed by atoms with Gasteiger partial charge in [0.15, 0.2) is 4.67 Å². The van der Waals surface area contributed by atoms with Gasteiger partial charge in [-0.25, -0.2) is 0 Å². The lowest BCUT2D eigenvalue weighted by molar-refractivity contribution is -0.422. The second kappa shape index (κ2) is 4.06. The Bertz CT molecular complexity index is 350. The SMILES string of the molecule is CC(=Cc1cc(Br)c(Br)o1)[N+](=O)[O-]. The number of rotatable bonds is 2. The summed E-state index contributed by atoms with van der Waals surface area (Å²) in [5.74, 6) is 0.438. The average Bonchev–Trinajstić information content (AvgIpc) is 2.31. The van der Waals surface area contributed by atoms with E-state index in [0.29, 0.717) is 10.4 Å². The minimum Gasteiger partial charge on any atom is -0.449 e. The first kappa shape index (κ1) is 10.5. The number of allylic oxidation sites excluding steroid dienone is 1. The van der Waals surface area contributed by atoms with Gasteiger partial charge in [-0.1, -0.05) is 0 Å². The molecule has 1 heterocycles. The van der Waals surface area contributed by atoms with E-state index < -0.39 is 4.92 Å². The fourth-order valence-corrected chi connectivity index (χ4v) is 1.30. The molecule has 0 aliphatic heterocycles. The highest BCUT2D eigenvalue weighted by molar-refractivity contribution is 9.13. The van der Waals surface area contributed by atoms with Crippen LogP contribution < -0.4 is 0 Å². The van der Waals surface area contributed by atoms with Crippen molar-refractivity contribution >= 4 is 37.9 Å². The van der Waals surface area contributed by atoms with E-state index >= 15 is 0 Å². The Kier molecular flexibility index (Phi) is 3.27. The Morgan fingerprint density at radius 2 is 2.31 bits per heavy atom. The molecule has 13 heavy (non-hydrogen) atoms. The molecule has 6 heteroatoms. The molecule has 0 unspecified atom stereocenters. The number of furan rings is 1. The number of hydrogen-bond acceptors (Lipinski definition) is 3. The van der Waals surface area contributed by atoms with Crippen LogP contribution in [0, 0.1) is 10.1 Å². The van der Waals surface area contributed by atoms with Gasteiger partial charge in [-0.3, -0.25) is 10.1 Å². The fourth-order valence-electron chi connectivity index (χ4n) is 0.693. The highest BCUT2D eigenvalue weighted by Gasteiger charge is 2.07. The maximum Gasteiger partial charge on any atom is 0.246 e. The lowest BCUT2D eigenvalue weighted by Gasteiger charge is -1.86. The van der Waals surface area contributed by atoms with Gasteiger partial charge in [0.25, 0.3) is 0 Å². The standard InChI is InChI=1S/C7H5Br2NO3/c1-4(10(11)12)2-5-3-6(8)7(9)13-5/h2-3H,1H3. The number of hydrogen-bond donors (Lipinski definition) is 0. The maximum absolute atomic E-state index is 10.3. The summed E-state index contributed by atoms with van der Waals surface area (Å²) in [5.41, 5.74) is 0.0359. The van der Waals surface area contributed by atoms with Crippen molar-refractivity contribution in [1.82, 2.24) is 0 Å². The molecule has 1 aromatic heterocycles. The number of halogens is 2. The van der Waals surface area contributed by atoms with Crippen LogP contribution in [-0.2, 0) is 0 Å². The summed E-state index contributed by atoms with van der Waals surface area (Å²) in [7, 11) is 0. The molecule has 0 aromatic carbocycles. The van der Waals surface area contributed by atoms with Crippen LogP contribution in [0.4, 0.5) is 0 Å². The molecule has 0 fully saturated rings. The molecule has 0 bridgehead atoms. The minimum absolute atomic E-state index is 0.0359. The van der Waals surface area contributed by atoms with Gasteiger partial charge in [0.2, 0.25) is 5.70 Å². The van der Waals surface area contributed by atoms with Crippen LogP contribution in [-0.4, -0.2) is 4.92 Å².